The molecule has 0 unspecified atom stereocenters. The summed E-state index contributed by atoms with van der Waals surface area (Å²) in [7, 11) is 0. The van der Waals surface area contributed by atoms with Crippen LogP contribution in [0.3, 0.4) is 0 Å². The Morgan fingerprint density at radius 1 is 1.34 bits per heavy atom. The molecule has 1 N–H and O–H groups in total. The normalized spacial score (nSPS) is 17.8. The van der Waals surface area contributed by atoms with Crippen LogP contribution in [0.4, 0.5) is 0 Å². The average Bonchev–Trinajstić information content (AvgIpc) is 3.16. The molecule has 0 saturated carbocycles. The summed E-state index contributed by atoms with van der Waals surface area (Å²) < 4.78 is 5.99. The fraction of sp³-hybridized carbons (Fsp3) is 0.478. The van der Waals surface area contributed by atoms with Gasteiger partial charge in [-0.2, -0.15) is 0 Å². The molecule has 2 aromatic heterocycles. The molecule has 1 saturated heterocycles. The number of nitrogens with zero attached hydrogens (tertiary/aromatic N) is 2. The van der Waals surface area contributed by atoms with Gasteiger partial charge in [-0.3, -0.25) is 9.69 Å². The fourth-order valence-electron chi connectivity index (χ4n) is 4.37. The zero-order valence-electron chi connectivity index (χ0n) is 17.3. The standard InChI is InChI=1S/C23H28N2O3S/c1-4-15-10-17-21(27)19(23-24-14(3)13-29-23)12-28-22(17)18(20(15)26)11-25-9-7-6-8-16(25)5-2/h10,12-13,16,26H,4-9,11H2,1-3H3/t16-/m1/s1. The number of piperidine rings is 1. The van der Waals surface area contributed by atoms with Gasteiger partial charge in [-0.25, -0.2) is 4.98 Å². The zero-order chi connectivity index (χ0) is 20.5. The maximum Gasteiger partial charge on any atom is 0.202 e. The first-order chi connectivity index (χ1) is 14.0. The number of aryl methyl sites for hydroxylation is 2. The third kappa shape index (κ3) is 3.71. The highest BCUT2D eigenvalue weighted by Crippen LogP contribution is 2.35. The lowest BCUT2D eigenvalue weighted by Crippen LogP contribution is -2.38. The van der Waals surface area contributed by atoms with Crippen LogP contribution in [0.25, 0.3) is 21.5 Å². The lowest BCUT2D eigenvalue weighted by molar-refractivity contribution is 0.135. The summed E-state index contributed by atoms with van der Waals surface area (Å²) in [5.41, 5.74) is 3.32. The maximum atomic E-state index is 13.3. The Balaban J connectivity index is 1.86. The second-order valence-corrected chi connectivity index (χ2v) is 8.75. The Hall–Kier alpha value is -2.18. The molecule has 0 amide bonds. The van der Waals surface area contributed by atoms with E-state index in [1.54, 1.807) is 6.07 Å². The fourth-order valence-corrected chi connectivity index (χ4v) is 5.17. The Bertz CT molecular complexity index is 1090. The van der Waals surface area contributed by atoms with Gasteiger partial charge in [-0.1, -0.05) is 20.3 Å². The first-order valence-electron chi connectivity index (χ1n) is 10.5. The summed E-state index contributed by atoms with van der Waals surface area (Å²) >= 11 is 1.45. The molecule has 1 aliphatic heterocycles. The van der Waals surface area contributed by atoms with E-state index < -0.39 is 0 Å². The molecule has 3 aromatic rings. The minimum absolute atomic E-state index is 0.0813. The topological polar surface area (TPSA) is 66.6 Å². The van der Waals surface area contributed by atoms with Crippen molar-refractivity contribution in [2.75, 3.05) is 6.54 Å². The van der Waals surface area contributed by atoms with Crippen molar-refractivity contribution in [3.8, 4) is 16.3 Å². The van der Waals surface area contributed by atoms with E-state index in [-0.39, 0.29) is 11.2 Å². The van der Waals surface area contributed by atoms with Crippen LogP contribution in [0.5, 0.6) is 5.75 Å². The molecule has 3 heterocycles. The number of fused-ring (bicyclic) bond motifs is 1. The van der Waals surface area contributed by atoms with Crippen molar-refractivity contribution in [2.24, 2.45) is 0 Å². The SMILES string of the molecule is CCc1cc2c(=O)c(-c3nc(C)cs3)coc2c(CN2CCCC[C@H]2CC)c1O. The maximum absolute atomic E-state index is 13.3. The molecule has 0 aliphatic carbocycles. The zero-order valence-corrected chi connectivity index (χ0v) is 18.1. The van der Waals surface area contributed by atoms with E-state index in [1.165, 1.54) is 36.9 Å². The van der Waals surface area contributed by atoms with Gasteiger partial charge in [0.25, 0.3) is 0 Å². The van der Waals surface area contributed by atoms with Gasteiger partial charge in [0.15, 0.2) is 0 Å². The molecule has 1 aliphatic rings. The van der Waals surface area contributed by atoms with Crippen molar-refractivity contribution in [3.63, 3.8) is 0 Å². The molecule has 4 rings (SSSR count). The molecule has 1 aromatic carbocycles. The Labute approximate surface area is 175 Å². The Kier molecular flexibility index (Phi) is 5.74. The van der Waals surface area contributed by atoms with Crippen LogP contribution in [-0.2, 0) is 13.0 Å². The van der Waals surface area contributed by atoms with Crippen LogP contribution >= 0.6 is 11.3 Å². The second-order valence-electron chi connectivity index (χ2n) is 7.89. The van der Waals surface area contributed by atoms with E-state index in [2.05, 4.69) is 16.8 Å². The van der Waals surface area contributed by atoms with E-state index in [9.17, 15) is 9.90 Å². The number of phenols is 1. The highest BCUT2D eigenvalue weighted by Gasteiger charge is 2.25. The lowest BCUT2D eigenvalue weighted by atomic mass is 9.97. The van der Waals surface area contributed by atoms with Gasteiger partial charge < -0.3 is 9.52 Å². The van der Waals surface area contributed by atoms with Gasteiger partial charge >= 0.3 is 0 Å². The van der Waals surface area contributed by atoms with E-state index >= 15 is 0 Å². The quantitative estimate of drug-likeness (QED) is 0.619. The van der Waals surface area contributed by atoms with Gasteiger partial charge in [-0.05, 0) is 50.8 Å². The third-order valence-corrected chi connectivity index (χ3v) is 7.02. The van der Waals surface area contributed by atoms with E-state index in [1.807, 2.05) is 19.2 Å². The number of hydrogen-bond donors (Lipinski definition) is 1. The molecule has 1 atom stereocenters. The minimum atomic E-state index is -0.0813. The highest BCUT2D eigenvalue weighted by molar-refractivity contribution is 7.13. The van der Waals surface area contributed by atoms with Crippen LogP contribution < -0.4 is 5.43 Å². The monoisotopic (exact) mass is 412 g/mol. The van der Waals surface area contributed by atoms with Crippen LogP contribution in [0.15, 0.2) is 26.9 Å². The van der Waals surface area contributed by atoms with Crippen molar-refractivity contribution < 1.29 is 9.52 Å². The molecule has 154 valence electrons. The number of rotatable bonds is 5. The molecular weight excluding hydrogens is 384 g/mol. The molecule has 0 radical (unpaired) electrons. The lowest BCUT2D eigenvalue weighted by Gasteiger charge is -2.35. The van der Waals surface area contributed by atoms with Gasteiger partial charge in [0.2, 0.25) is 5.43 Å². The molecule has 0 spiro atoms. The summed E-state index contributed by atoms with van der Waals surface area (Å²) in [4.78, 5) is 20.2. The van der Waals surface area contributed by atoms with Crippen LogP contribution in [0.2, 0.25) is 0 Å². The van der Waals surface area contributed by atoms with Gasteiger partial charge in [0, 0.05) is 23.7 Å². The van der Waals surface area contributed by atoms with Gasteiger partial charge in [0.1, 0.15) is 22.6 Å². The summed E-state index contributed by atoms with van der Waals surface area (Å²) in [5, 5.41) is 14.1. The molecule has 5 nitrogen and oxygen atoms in total. The van der Waals surface area contributed by atoms with Crippen molar-refractivity contribution in [1.82, 2.24) is 9.88 Å². The number of benzene rings is 1. The average molecular weight is 413 g/mol. The van der Waals surface area contributed by atoms with Gasteiger partial charge in [0.05, 0.1) is 16.5 Å². The molecular formula is C23H28N2O3S. The second kappa shape index (κ2) is 8.28. The summed E-state index contributed by atoms with van der Waals surface area (Å²) in [6.07, 6.45) is 6.85. The first kappa shape index (κ1) is 20.1. The molecule has 1 fully saturated rings. The number of thiazole rings is 1. The van der Waals surface area contributed by atoms with Gasteiger partial charge in [-0.15, -0.1) is 11.3 Å². The van der Waals surface area contributed by atoms with Crippen molar-refractivity contribution in [2.45, 2.75) is 65.5 Å². The number of aromatic nitrogens is 1. The number of hydrogen-bond acceptors (Lipinski definition) is 6. The summed E-state index contributed by atoms with van der Waals surface area (Å²) in [5.74, 6) is 0.265. The number of aromatic hydroxyl groups is 1. The molecule has 0 bridgehead atoms. The minimum Gasteiger partial charge on any atom is -0.507 e. The highest BCUT2D eigenvalue weighted by atomic mass is 32.1. The smallest absolute Gasteiger partial charge is 0.202 e. The van der Waals surface area contributed by atoms with Crippen LogP contribution in [-0.4, -0.2) is 27.6 Å². The third-order valence-electron chi connectivity index (χ3n) is 6.02. The predicted molar refractivity (Wildman–Crippen MR) is 118 cm³/mol. The van der Waals surface area contributed by atoms with Crippen molar-refractivity contribution >= 4 is 22.3 Å². The summed E-state index contributed by atoms with van der Waals surface area (Å²) in [6, 6.07) is 2.30. The first-order valence-corrected chi connectivity index (χ1v) is 11.4. The van der Waals surface area contributed by atoms with Crippen LogP contribution in [0, 0.1) is 6.92 Å². The van der Waals surface area contributed by atoms with E-state index in [0.29, 0.717) is 40.5 Å². The van der Waals surface area contributed by atoms with E-state index in [0.717, 1.165) is 29.8 Å². The summed E-state index contributed by atoms with van der Waals surface area (Å²) in [6.45, 7) is 7.74. The van der Waals surface area contributed by atoms with Crippen LogP contribution in [0.1, 0.15) is 56.4 Å². The molecule has 6 heteroatoms. The van der Waals surface area contributed by atoms with Crippen molar-refractivity contribution in [1.29, 1.82) is 0 Å². The van der Waals surface area contributed by atoms with E-state index in [4.69, 9.17) is 4.42 Å². The largest absolute Gasteiger partial charge is 0.507 e. The number of phenolic OH excluding ortho intramolecular Hbond substituents is 1. The molecule has 29 heavy (non-hydrogen) atoms. The predicted octanol–water partition coefficient (Wildman–Crippen LogP) is 5.26. The number of likely N-dealkylation sites (tertiary alicyclic amines) is 1. The van der Waals surface area contributed by atoms with Crippen molar-refractivity contribution in [3.05, 3.63) is 44.8 Å². The Morgan fingerprint density at radius 3 is 2.86 bits per heavy atom. The Morgan fingerprint density at radius 2 is 2.17 bits per heavy atom.